The minimum Gasteiger partial charge on any atom is -0.452 e. The average Bonchev–Trinajstić information content (AvgIpc) is 2.64. The molecule has 0 aromatic heterocycles. The number of nitrogens with zero attached hydrogens (tertiary/aromatic N) is 2. The summed E-state index contributed by atoms with van der Waals surface area (Å²) >= 11 is 0. The van der Waals surface area contributed by atoms with Gasteiger partial charge in [0, 0.05) is 27.6 Å². The number of benzene rings is 2. The van der Waals surface area contributed by atoms with Crippen molar-refractivity contribution >= 4 is 28.4 Å². The van der Waals surface area contributed by atoms with Gasteiger partial charge >= 0.3 is 5.97 Å². The van der Waals surface area contributed by atoms with Gasteiger partial charge in [-0.1, -0.05) is 18.2 Å². The van der Waals surface area contributed by atoms with E-state index in [1.807, 2.05) is 6.07 Å². The second kappa shape index (κ2) is 8.76. The Morgan fingerprint density at radius 1 is 1.12 bits per heavy atom. The first-order valence-corrected chi connectivity index (χ1v) is 8.91. The first-order valence-electron chi connectivity index (χ1n) is 7.36. The normalized spacial score (nSPS) is 11.2. The number of anilines is 1. The van der Waals surface area contributed by atoms with Crippen LogP contribution in [0.25, 0.3) is 0 Å². The number of nitriles is 1. The van der Waals surface area contributed by atoms with E-state index in [0.29, 0.717) is 10.6 Å². The average molecular weight is 356 g/mol. The van der Waals surface area contributed by atoms with Crippen molar-refractivity contribution in [3.63, 3.8) is 0 Å². The summed E-state index contributed by atoms with van der Waals surface area (Å²) in [5, 5.41) is 8.90. The maximum Gasteiger partial charge on any atom is 0.338 e. The first-order chi connectivity index (χ1) is 12.0. The van der Waals surface area contributed by atoms with Crippen LogP contribution >= 0.6 is 0 Å². The third-order valence-corrected chi connectivity index (χ3v) is 4.28. The van der Waals surface area contributed by atoms with E-state index in [-0.39, 0.29) is 12.1 Å². The molecular weight excluding hydrogens is 340 g/mol. The van der Waals surface area contributed by atoms with Crippen molar-refractivity contribution in [2.75, 3.05) is 24.3 Å². The number of ether oxygens (including phenoxy) is 1. The SMILES string of the molecule is CS(=O)c1ccc(C(=O)OCC(=O)N(CC#N)c2ccccc2)cc1. The number of carbonyl (C=O) groups is 2. The van der Waals surface area contributed by atoms with E-state index in [0.717, 1.165) is 0 Å². The van der Waals surface area contributed by atoms with Crippen LogP contribution in [0.1, 0.15) is 10.4 Å². The molecule has 0 aliphatic heterocycles. The van der Waals surface area contributed by atoms with Crippen LogP contribution in [0.3, 0.4) is 0 Å². The van der Waals surface area contributed by atoms with Crippen molar-refractivity contribution in [3.8, 4) is 6.07 Å². The number of carbonyl (C=O) groups excluding carboxylic acids is 2. The van der Waals surface area contributed by atoms with Gasteiger partial charge in [0.1, 0.15) is 6.54 Å². The standard InChI is InChI=1S/C18H16N2O4S/c1-25(23)16-9-7-14(8-10-16)18(22)24-13-17(21)20(12-11-19)15-5-3-2-4-6-15/h2-10H,12-13H2,1H3. The van der Waals surface area contributed by atoms with E-state index < -0.39 is 29.3 Å². The number of rotatable bonds is 6. The van der Waals surface area contributed by atoms with Gasteiger partial charge in [0.2, 0.25) is 0 Å². The lowest BCUT2D eigenvalue weighted by molar-refractivity contribution is -0.121. The van der Waals surface area contributed by atoms with E-state index in [1.54, 1.807) is 48.7 Å². The van der Waals surface area contributed by atoms with Gasteiger partial charge < -0.3 is 4.74 Å². The minimum absolute atomic E-state index is 0.141. The van der Waals surface area contributed by atoms with Crippen molar-refractivity contribution in [1.29, 1.82) is 5.26 Å². The number of esters is 1. The summed E-state index contributed by atoms with van der Waals surface area (Å²) in [6.07, 6.45) is 1.54. The lowest BCUT2D eigenvalue weighted by Crippen LogP contribution is -2.35. The minimum atomic E-state index is -1.13. The van der Waals surface area contributed by atoms with Gasteiger partial charge in [0.05, 0.1) is 11.6 Å². The molecule has 7 heteroatoms. The summed E-state index contributed by atoms with van der Waals surface area (Å²) in [6, 6.07) is 16.7. The molecule has 0 radical (unpaired) electrons. The Morgan fingerprint density at radius 2 is 1.76 bits per heavy atom. The fourth-order valence-electron chi connectivity index (χ4n) is 2.07. The number of hydrogen-bond donors (Lipinski definition) is 0. The van der Waals surface area contributed by atoms with Crippen LogP contribution in [0.2, 0.25) is 0 Å². The van der Waals surface area contributed by atoms with Crippen LogP contribution in [0.5, 0.6) is 0 Å². The van der Waals surface area contributed by atoms with E-state index >= 15 is 0 Å². The zero-order chi connectivity index (χ0) is 18.2. The molecule has 6 nitrogen and oxygen atoms in total. The Hall–Kier alpha value is -2.98. The summed E-state index contributed by atoms with van der Waals surface area (Å²) in [7, 11) is -1.13. The number of amides is 1. The molecule has 1 amide bonds. The second-order valence-electron chi connectivity index (χ2n) is 5.03. The van der Waals surface area contributed by atoms with E-state index in [2.05, 4.69) is 0 Å². The van der Waals surface area contributed by atoms with Gasteiger partial charge in [-0.2, -0.15) is 5.26 Å². The van der Waals surface area contributed by atoms with Crippen molar-refractivity contribution in [2.24, 2.45) is 0 Å². The topological polar surface area (TPSA) is 87.5 Å². The van der Waals surface area contributed by atoms with E-state index in [4.69, 9.17) is 10.00 Å². The fraction of sp³-hybridized carbons (Fsp3) is 0.167. The molecule has 2 aromatic carbocycles. The lowest BCUT2D eigenvalue weighted by Gasteiger charge is -2.19. The molecule has 128 valence electrons. The van der Waals surface area contributed by atoms with Crippen LogP contribution in [-0.2, 0) is 20.3 Å². The maximum absolute atomic E-state index is 12.3. The third-order valence-electron chi connectivity index (χ3n) is 3.35. The molecule has 0 saturated heterocycles. The van der Waals surface area contributed by atoms with Crippen molar-refractivity contribution in [3.05, 3.63) is 60.2 Å². The summed E-state index contributed by atoms with van der Waals surface area (Å²) in [4.78, 5) is 26.1. The molecule has 0 heterocycles. The molecule has 1 atom stereocenters. The molecule has 0 spiro atoms. The highest BCUT2D eigenvalue weighted by atomic mass is 32.2. The van der Waals surface area contributed by atoms with Gasteiger partial charge in [-0.05, 0) is 36.4 Å². The molecule has 0 aliphatic rings. The molecule has 0 N–H and O–H groups in total. The van der Waals surface area contributed by atoms with Crippen LogP contribution in [0.15, 0.2) is 59.5 Å². The van der Waals surface area contributed by atoms with Crippen LogP contribution < -0.4 is 4.90 Å². The molecule has 0 saturated carbocycles. The van der Waals surface area contributed by atoms with Crippen molar-refractivity contribution < 1.29 is 18.5 Å². The monoisotopic (exact) mass is 356 g/mol. The van der Waals surface area contributed by atoms with Crippen molar-refractivity contribution in [1.82, 2.24) is 0 Å². The smallest absolute Gasteiger partial charge is 0.338 e. The van der Waals surface area contributed by atoms with Gasteiger partial charge in [-0.3, -0.25) is 13.9 Å². The van der Waals surface area contributed by atoms with E-state index in [1.165, 1.54) is 17.0 Å². The third kappa shape index (κ3) is 4.99. The van der Waals surface area contributed by atoms with E-state index in [9.17, 15) is 13.8 Å². The van der Waals surface area contributed by atoms with Gasteiger partial charge in [0.25, 0.3) is 5.91 Å². The van der Waals surface area contributed by atoms with Crippen LogP contribution in [-0.4, -0.2) is 35.5 Å². The predicted molar refractivity (Wildman–Crippen MR) is 93.5 cm³/mol. The fourth-order valence-corrected chi connectivity index (χ4v) is 2.59. The Bertz CT molecular complexity index is 813. The Morgan fingerprint density at radius 3 is 2.32 bits per heavy atom. The number of hydrogen-bond acceptors (Lipinski definition) is 5. The summed E-state index contributed by atoms with van der Waals surface area (Å²) in [5.41, 5.74) is 0.813. The summed E-state index contributed by atoms with van der Waals surface area (Å²) in [5.74, 6) is -1.15. The Labute approximate surface area is 148 Å². The predicted octanol–water partition coefficient (Wildman–Crippen LogP) is 2.14. The Kier molecular flexibility index (Phi) is 6.43. The molecule has 25 heavy (non-hydrogen) atoms. The molecular formula is C18H16N2O4S. The first kappa shape index (κ1) is 18.4. The molecule has 1 unspecified atom stereocenters. The lowest BCUT2D eigenvalue weighted by atomic mass is 10.2. The highest BCUT2D eigenvalue weighted by Gasteiger charge is 2.18. The second-order valence-corrected chi connectivity index (χ2v) is 6.41. The highest BCUT2D eigenvalue weighted by Crippen LogP contribution is 2.14. The van der Waals surface area contributed by atoms with Gasteiger partial charge in [-0.25, -0.2) is 4.79 Å². The molecule has 0 aliphatic carbocycles. The zero-order valence-electron chi connectivity index (χ0n) is 13.5. The zero-order valence-corrected chi connectivity index (χ0v) is 14.4. The Balaban J connectivity index is 2.01. The largest absolute Gasteiger partial charge is 0.452 e. The van der Waals surface area contributed by atoms with Crippen LogP contribution in [0, 0.1) is 11.3 Å². The molecule has 2 rings (SSSR count). The van der Waals surface area contributed by atoms with Crippen LogP contribution in [0.4, 0.5) is 5.69 Å². The van der Waals surface area contributed by atoms with Gasteiger partial charge in [-0.15, -0.1) is 0 Å². The van der Waals surface area contributed by atoms with Crippen molar-refractivity contribution in [2.45, 2.75) is 4.90 Å². The number of para-hydroxylation sites is 1. The summed E-state index contributed by atoms with van der Waals surface area (Å²) in [6.45, 7) is -0.617. The maximum atomic E-state index is 12.3. The van der Waals surface area contributed by atoms with Gasteiger partial charge in [0.15, 0.2) is 6.61 Å². The molecule has 2 aromatic rings. The highest BCUT2D eigenvalue weighted by molar-refractivity contribution is 7.84. The summed E-state index contributed by atoms with van der Waals surface area (Å²) < 4.78 is 16.4. The molecule has 0 bridgehead atoms. The molecule has 0 fully saturated rings. The quantitative estimate of drug-likeness (QED) is 0.584.